The molecule has 0 saturated carbocycles. The highest BCUT2D eigenvalue weighted by atomic mass is 16.5. The zero-order valence-electron chi connectivity index (χ0n) is 9.53. The first-order chi connectivity index (χ1) is 7.76. The number of anilines is 1. The molecule has 0 spiro atoms. The smallest absolute Gasteiger partial charge is 0.250 e. The molecule has 0 aliphatic carbocycles. The van der Waals surface area contributed by atoms with Gasteiger partial charge in [0.25, 0.3) is 0 Å². The first-order valence-electron chi connectivity index (χ1n) is 5.43. The molecule has 0 atom stereocenters. The Balaban J connectivity index is 2.43. The molecule has 0 aliphatic heterocycles. The van der Waals surface area contributed by atoms with Crippen LogP contribution in [0, 0.1) is 0 Å². The van der Waals surface area contributed by atoms with Gasteiger partial charge >= 0.3 is 0 Å². The molecule has 0 unspecified atom stereocenters. The van der Waals surface area contributed by atoms with Crippen molar-refractivity contribution in [3.05, 3.63) is 29.8 Å². The van der Waals surface area contributed by atoms with Crippen molar-refractivity contribution in [2.45, 2.75) is 13.3 Å². The van der Waals surface area contributed by atoms with E-state index < -0.39 is 0 Å². The van der Waals surface area contributed by atoms with Crippen LogP contribution in [0.25, 0.3) is 0 Å². The summed E-state index contributed by atoms with van der Waals surface area (Å²) in [6.45, 7) is 2.96. The molecule has 1 rings (SSSR count). The molecule has 0 fully saturated rings. The SMILES string of the molecule is CCc1cccc(NC(=O)COCCN)c1. The lowest BCUT2D eigenvalue weighted by Crippen LogP contribution is -2.20. The Morgan fingerprint density at radius 3 is 3.00 bits per heavy atom. The second-order valence-electron chi connectivity index (χ2n) is 3.44. The molecular formula is C12H18N2O2. The van der Waals surface area contributed by atoms with Gasteiger partial charge in [-0.2, -0.15) is 0 Å². The van der Waals surface area contributed by atoms with Crippen molar-refractivity contribution in [3.63, 3.8) is 0 Å². The van der Waals surface area contributed by atoms with E-state index in [-0.39, 0.29) is 12.5 Å². The number of hydrogen-bond donors (Lipinski definition) is 2. The van der Waals surface area contributed by atoms with E-state index in [1.807, 2.05) is 24.3 Å². The number of benzene rings is 1. The molecule has 0 aromatic heterocycles. The zero-order chi connectivity index (χ0) is 11.8. The topological polar surface area (TPSA) is 64.3 Å². The summed E-state index contributed by atoms with van der Waals surface area (Å²) < 4.78 is 5.04. The number of nitrogens with two attached hydrogens (primary N) is 1. The first-order valence-corrected chi connectivity index (χ1v) is 5.43. The third kappa shape index (κ3) is 4.42. The minimum atomic E-state index is -0.151. The molecule has 4 nitrogen and oxygen atoms in total. The highest BCUT2D eigenvalue weighted by Crippen LogP contribution is 2.10. The van der Waals surface area contributed by atoms with Crippen LogP contribution in [-0.4, -0.2) is 25.7 Å². The normalized spacial score (nSPS) is 10.1. The summed E-state index contributed by atoms with van der Waals surface area (Å²) in [5.74, 6) is -0.151. The van der Waals surface area contributed by atoms with Crippen LogP contribution in [0.2, 0.25) is 0 Å². The van der Waals surface area contributed by atoms with E-state index in [2.05, 4.69) is 12.2 Å². The monoisotopic (exact) mass is 222 g/mol. The fraction of sp³-hybridized carbons (Fsp3) is 0.417. The largest absolute Gasteiger partial charge is 0.370 e. The van der Waals surface area contributed by atoms with Gasteiger partial charge in [0.05, 0.1) is 6.61 Å². The molecule has 3 N–H and O–H groups in total. The summed E-state index contributed by atoms with van der Waals surface area (Å²) in [6, 6.07) is 7.77. The average molecular weight is 222 g/mol. The lowest BCUT2D eigenvalue weighted by molar-refractivity contribution is -0.120. The standard InChI is InChI=1S/C12H18N2O2/c1-2-10-4-3-5-11(8-10)14-12(15)9-16-7-6-13/h3-5,8H,2,6-7,9,13H2,1H3,(H,14,15). The van der Waals surface area contributed by atoms with E-state index in [0.717, 1.165) is 12.1 Å². The lowest BCUT2D eigenvalue weighted by atomic mass is 10.1. The predicted molar refractivity (Wildman–Crippen MR) is 64.3 cm³/mol. The van der Waals surface area contributed by atoms with Crippen molar-refractivity contribution >= 4 is 11.6 Å². The molecular weight excluding hydrogens is 204 g/mol. The summed E-state index contributed by atoms with van der Waals surface area (Å²) in [6.07, 6.45) is 0.952. The number of amides is 1. The van der Waals surface area contributed by atoms with Gasteiger partial charge in [-0.05, 0) is 24.1 Å². The van der Waals surface area contributed by atoms with Crippen molar-refractivity contribution in [2.75, 3.05) is 25.1 Å². The zero-order valence-corrected chi connectivity index (χ0v) is 9.53. The summed E-state index contributed by atoms with van der Waals surface area (Å²) in [5.41, 5.74) is 7.25. The Morgan fingerprint density at radius 2 is 2.31 bits per heavy atom. The lowest BCUT2D eigenvalue weighted by Gasteiger charge is -2.06. The Kier molecular flexibility index (Phi) is 5.53. The van der Waals surface area contributed by atoms with E-state index in [1.54, 1.807) is 0 Å². The van der Waals surface area contributed by atoms with Crippen molar-refractivity contribution < 1.29 is 9.53 Å². The van der Waals surface area contributed by atoms with Crippen LogP contribution in [0.15, 0.2) is 24.3 Å². The molecule has 4 heteroatoms. The van der Waals surface area contributed by atoms with Gasteiger partial charge in [0.15, 0.2) is 0 Å². The van der Waals surface area contributed by atoms with Gasteiger partial charge in [-0.1, -0.05) is 19.1 Å². The first kappa shape index (κ1) is 12.7. The molecule has 1 aromatic rings. The summed E-state index contributed by atoms with van der Waals surface area (Å²) in [4.78, 5) is 11.4. The van der Waals surface area contributed by atoms with Gasteiger partial charge in [-0.25, -0.2) is 0 Å². The fourth-order valence-electron chi connectivity index (χ4n) is 1.31. The highest BCUT2D eigenvalue weighted by molar-refractivity contribution is 5.91. The molecule has 1 aromatic carbocycles. The van der Waals surface area contributed by atoms with E-state index in [0.29, 0.717) is 13.2 Å². The second kappa shape index (κ2) is 6.98. The number of ether oxygens (including phenoxy) is 1. The predicted octanol–water partition coefficient (Wildman–Crippen LogP) is 1.16. The maximum absolute atomic E-state index is 11.4. The Bertz CT molecular complexity index is 340. The highest BCUT2D eigenvalue weighted by Gasteiger charge is 2.02. The molecule has 0 radical (unpaired) electrons. The van der Waals surface area contributed by atoms with Crippen LogP contribution in [-0.2, 0) is 16.0 Å². The number of carbonyl (C=O) groups excluding carboxylic acids is 1. The third-order valence-corrected chi connectivity index (χ3v) is 2.11. The van der Waals surface area contributed by atoms with Crippen molar-refractivity contribution in [1.29, 1.82) is 0 Å². The number of hydrogen-bond acceptors (Lipinski definition) is 3. The minimum absolute atomic E-state index is 0.0492. The quantitative estimate of drug-likeness (QED) is 0.710. The minimum Gasteiger partial charge on any atom is -0.370 e. The molecule has 0 aliphatic rings. The van der Waals surface area contributed by atoms with Crippen molar-refractivity contribution in [3.8, 4) is 0 Å². The van der Waals surface area contributed by atoms with Gasteiger partial charge in [0.1, 0.15) is 6.61 Å². The van der Waals surface area contributed by atoms with Crippen LogP contribution in [0.4, 0.5) is 5.69 Å². The van der Waals surface area contributed by atoms with E-state index in [9.17, 15) is 4.79 Å². The molecule has 16 heavy (non-hydrogen) atoms. The Morgan fingerprint density at radius 1 is 1.50 bits per heavy atom. The summed E-state index contributed by atoms with van der Waals surface area (Å²) in [7, 11) is 0. The fourth-order valence-corrected chi connectivity index (χ4v) is 1.31. The van der Waals surface area contributed by atoms with Crippen molar-refractivity contribution in [2.24, 2.45) is 5.73 Å². The van der Waals surface area contributed by atoms with Gasteiger partial charge in [0.2, 0.25) is 5.91 Å². The van der Waals surface area contributed by atoms with Gasteiger partial charge < -0.3 is 15.8 Å². The van der Waals surface area contributed by atoms with Gasteiger partial charge in [0, 0.05) is 12.2 Å². The second-order valence-corrected chi connectivity index (χ2v) is 3.44. The Labute approximate surface area is 95.8 Å². The summed E-state index contributed by atoms with van der Waals surface area (Å²) >= 11 is 0. The maximum Gasteiger partial charge on any atom is 0.250 e. The van der Waals surface area contributed by atoms with Crippen molar-refractivity contribution in [1.82, 2.24) is 0 Å². The van der Waals surface area contributed by atoms with Crippen LogP contribution in [0.1, 0.15) is 12.5 Å². The van der Waals surface area contributed by atoms with Gasteiger partial charge in [-0.15, -0.1) is 0 Å². The van der Waals surface area contributed by atoms with Crippen LogP contribution in [0.5, 0.6) is 0 Å². The number of carbonyl (C=O) groups is 1. The molecule has 0 saturated heterocycles. The van der Waals surface area contributed by atoms with Crippen LogP contribution < -0.4 is 11.1 Å². The average Bonchev–Trinajstić information content (AvgIpc) is 2.29. The third-order valence-electron chi connectivity index (χ3n) is 2.11. The van der Waals surface area contributed by atoms with Gasteiger partial charge in [-0.3, -0.25) is 4.79 Å². The molecule has 88 valence electrons. The van der Waals surface area contributed by atoms with Crippen LogP contribution >= 0.6 is 0 Å². The molecule has 1 amide bonds. The maximum atomic E-state index is 11.4. The Hall–Kier alpha value is -1.39. The molecule has 0 heterocycles. The molecule has 0 bridgehead atoms. The number of rotatable bonds is 6. The van der Waals surface area contributed by atoms with E-state index >= 15 is 0 Å². The van der Waals surface area contributed by atoms with Crippen LogP contribution in [0.3, 0.4) is 0 Å². The van der Waals surface area contributed by atoms with E-state index in [4.69, 9.17) is 10.5 Å². The summed E-state index contributed by atoms with van der Waals surface area (Å²) in [5, 5.41) is 2.77. The van der Waals surface area contributed by atoms with E-state index in [1.165, 1.54) is 5.56 Å². The number of nitrogens with one attached hydrogen (secondary N) is 1. The number of aryl methyl sites for hydroxylation is 1.